The van der Waals surface area contributed by atoms with E-state index in [1.807, 2.05) is 6.07 Å². The number of hydrogen-bond acceptors (Lipinski definition) is 2. The number of carbonyl (C=O) groups is 1. The Balaban J connectivity index is 2.09. The molecule has 1 saturated heterocycles. The minimum Gasteiger partial charge on any atom is -0.481 e. The van der Waals surface area contributed by atoms with Gasteiger partial charge in [-0.05, 0) is 49.3 Å². The SMILES string of the molecule is CC(CC(C)c1ccc(N2CCCCC2)c(Cl)c1)C(=O)O. The van der Waals surface area contributed by atoms with E-state index in [2.05, 4.69) is 24.0 Å². The molecule has 0 amide bonds. The highest BCUT2D eigenvalue weighted by molar-refractivity contribution is 6.33. The van der Waals surface area contributed by atoms with Gasteiger partial charge >= 0.3 is 5.97 Å². The molecule has 2 rings (SSSR count). The zero-order chi connectivity index (χ0) is 15.4. The Kier molecular flexibility index (Phi) is 5.51. The Labute approximate surface area is 131 Å². The zero-order valence-electron chi connectivity index (χ0n) is 12.8. The van der Waals surface area contributed by atoms with Gasteiger partial charge in [0, 0.05) is 13.1 Å². The lowest BCUT2D eigenvalue weighted by molar-refractivity contribution is -0.141. The van der Waals surface area contributed by atoms with Crippen LogP contribution in [0, 0.1) is 5.92 Å². The fraction of sp³-hybridized carbons (Fsp3) is 0.588. The standard InChI is InChI=1S/C17H24ClNO2/c1-12(10-13(2)17(20)21)14-6-7-16(15(18)11-14)19-8-4-3-5-9-19/h6-7,11-13H,3-5,8-10H2,1-2H3,(H,20,21). The number of rotatable bonds is 5. The average molecular weight is 310 g/mol. The Morgan fingerprint density at radius 3 is 2.52 bits per heavy atom. The summed E-state index contributed by atoms with van der Waals surface area (Å²) in [5, 5.41) is 9.80. The molecule has 0 spiro atoms. The van der Waals surface area contributed by atoms with E-state index in [1.165, 1.54) is 19.3 Å². The first-order chi connectivity index (χ1) is 9.99. The van der Waals surface area contributed by atoms with Crippen LogP contribution >= 0.6 is 11.6 Å². The van der Waals surface area contributed by atoms with Crippen molar-refractivity contribution in [3.63, 3.8) is 0 Å². The third kappa shape index (κ3) is 4.13. The van der Waals surface area contributed by atoms with Crippen molar-refractivity contribution in [3.05, 3.63) is 28.8 Å². The Bertz CT molecular complexity index is 498. The van der Waals surface area contributed by atoms with Crippen molar-refractivity contribution >= 4 is 23.3 Å². The molecule has 0 radical (unpaired) electrons. The molecule has 0 bridgehead atoms. The van der Waals surface area contributed by atoms with Crippen molar-refractivity contribution in [1.29, 1.82) is 0 Å². The van der Waals surface area contributed by atoms with Crippen molar-refractivity contribution in [2.75, 3.05) is 18.0 Å². The third-order valence-corrected chi connectivity index (χ3v) is 4.67. The summed E-state index contributed by atoms with van der Waals surface area (Å²) in [6.07, 6.45) is 4.39. The fourth-order valence-electron chi connectivity index (χ4n) is 2.99. The van der Waals surface area contributed by atoms with E-state index in [4.69, 9.17) is 16.7 Å². The predicted molar refractivity (Wildman–Crippen MR) is 87.3 cm³/mol. The molecule has 2 atom stereocenters. The summed E-state index contributed by atoms with van der Waals surface area (Å²) >= 11 is 6.45. The molecule has 1 fully saturated rings. The average Bonchev–Trinajstić information content (AvgIpc) is 2.47. The summed E-state index contributed by atoms with van der Waals surface area (Å²) in [6.45, 7) is 5.96. The second-order valence-corrected chi connectivity index (χ2v) is 6.54. The molecule has 116 valence electrons. The van der Waals surface area contributed by atoms with Crippen LogP contribution in [-0.2, 0) is 4.79 Å². The number of hydrogen-bond donors (Lipinski definition) is 1. The van der Waals surface area contributed by atoms with Crippen LogP contribution in [0.15, 0.2) is 18.2 Å². The van der Waals surface area contributed by atoms with Crippen molar-refractivity contribution in [2.45, 2.75) is 45.4 Å². The van der Waals surface area contributed by atoms with E-state index in [0.29, 0.717) is 6.42 Å². The lowest BCUT2D eigenvalue weighted by atomic mass is 9.91. The number of nitrogens with zero attached hydrogens (tertiary/aromatic N) is 1. The minimum atomic E-state index is -0.738. The van der Waals surface area contributed by atoms with Crippen LogP contribution in [0.4, 0.5) is 5.69 Å². The molecule has 1 aromatic rings. The molecule has 21 heavy (non-hydrogen) atoms. The van der Waals surface area contributed by atoms with Crippen LogP contribution in [0.2, 0.25) is 5.02 Å². The number of benzene rings is 1. The summed E-state index contributed by atoms with van der Waals surface area (Å²) in [5.74, 6) is -0.873. The molecular weight excluding hydrogens is 286 g/mol. The van der Waals surface area contributed by atoms with E-state index in [-0.39, 0.29) is 11.8 Å². The topological polar surface area (TPSA) is 40.5 Å². The normalized spacial score (nSPS) is 18.3. The summed E-state index contributed by atoms with van der Waals surface area (Å²) in [4.78, 5) is 13.3. The van der Waals surface area contributed by atoms with Gasteiger partial charge in [-0.3, -0.25) is 4.79 Å². The van der Waals surface area contributed by atoms with Crippen molar-refractivity contribution < 1.29 is 9.90 Å². The molecule has 1 aliphatic heterocycles. The molecule has 1 aromatic carbocycles. The minimum absolute atomic E-state index is 0.198. The number of carboxylic acids is 1. The molecule has 1 aliphatic rings. The van der Waals surface area contributed by atoms with Gasteiger partial charge in [-0.15, -0.1) is 0 Å². The second-order valence-electron chi connectivity index (χ2n) is 6.13. The fourth-order valence-corrected chi connectivity index (χ4v) is 3.30. The summed E-state index contributed by atoms with van der Waals surface area (Å²) in [6, 6.07) is 6.19. The van der Waals surface area contributed by atoms with Crippen LogP contribution in [0.1, 0.15) is 51.0 Å². The van der Waals surface area contributed by atoms with Crippen LogP contribution < -0.4 is 4.90 Å². The van der Waals surface area contributed by atoms with Gasteiger partial charge in [-0.1, -0.05) is 31.5 Å². The lowest BCUT2D eigenvalue weighted by Gasteiger charge is -2.30. The third-order valence-electron chi connectivity index (χ3n) is 4.37. The molecule has 1 heterocycles. The second kappa shape index (κ2) is 7.17. The Morgan fingerprint density at radius 2 is 1.95 bits per heavy atom. The molecule has 1 N–H and O–H groups in total. The van der Waals surface area contributed by atoms with Gasteiger partial charge in [0.2, 0.25) is 0 Å². The van der Waals surface area contributed by atoms with Crippen LogP contribution in [0.25, 0.3) is 0 Å². The Morgan fingerprint density at radius 1 is 1.29 bits per heavy atom. The van der Waals surface area contributed by atoms with Crippen molar-refractivity contribution in [1.82, 2.24) is 0 Å². The molecule has 3 nitrogen and oxygen atoms in total. The molecule has 0 aromatic heterocycles. The van der Waals surface area contributed by atoms with Crippen LogP contribution in [-0.4, -0.2) is 24.2 Å². The summed E-state index contributed by atoms with van der Waals surface area (Å²) < 4.78 is 0. The van der Waals surface area contributed by atoms with Crippen molar-refractivity contribution in [2.24, 2.45) is 5.92 Å². The molecule has 2 unspecified atom stereocenters. The lowest BCUT2D eigenvalue weighted by Crippen LogP contribution is -2.29. The van der Waals surface area contributed by atoms with Gasteiger partial charge in [0.25, 0.3) is 0 Å². The maximum absolute atomic E-state index is 11.0. The number of carboxylic acid groups (broad SMARTS) is 1. The van der Waals surface area contributed by atoms with Gasteiger partial charge in [0.15, 0.2) is 0 Å². The first-order valence-electron chi connectivity index (χ1n) is 7.76. The van der Waals surface area contributed by atoms with Crippen LogP contribution in [0.5, 0.6) is 0 Å². The zero-order valence-corrected chi connectivity index (χ0v) is 13.6. The maximum Gasteiger partial charge on any atom is 0.306 e. The number of halogens is 1. The van der Waals surface area contributed by atoms with Gasteiger partial charge in [0.1, 0.15) is 0 Å². The first kappa shape index (κ1) is 16.2. The van der Waals surface area contributed by atoms with E-state index in [0.717, 1.165) is 29.4 Å². The molecule has 0 aliphatic carbocycles. The van der Waals surface area contributed by atoms with E-state index < -0.39 is 5.97 Å². The van der Waals surface area contributed by atoms with E-state index >= 15 is 0 Å². The van der Waals surface area contributed by atoms with Gasteiger partial charge < -0.3 is 10.0 Å². The van der Waals surface area contributed by atoms with Crippen molar-refractivity contribution in [3.8, 4) is 0 Å². The highest BCUT2D eigenvalue weighted by Crippen LogP contribution is 2.33. The smallest absolute Gasteiger partial charge is 0.306 e. The summed E-state index contributed by atoms with van der Waals surface area (Å²) in [5.41, 5.74) is 2.23. The quantitative estimate of drug-likeness (QED) is 0.867. The molecule has 0 saturated carbocycles. The summed E-state index contributed by atoms with van der Waals surface area (Å²) in [7, 11) is 0. The number of anilines is 1. The van der Waals surface area contributed by atoms with Gasteiger partial charge in [0.05, 0.1) is 16.6 Å². The highest BCUT2D eigenvalue weighted by atomic mass is 35.5. The highest BCUT2D eigenvalue weighted by Gasteiger charge is 2.18. The van der Waals surface area contributed by atoms with E-state index in [9.17, 15) is 4.79 Å². The van der Waals surface area contributed by atoms with E-state index in [1.54, 1.807) is 6.92 Å². The van der Waals surface area contributed by atoms with Gasteiger partial charge in [-0.25, -0.2) is 0 Å². The maximum atomic E-state index is 11.0. The van der Waals surface area contributed by atoms with Gasteiger partial charge in [-0.2, -0.15) is 0 Å². The van der Waals surface area contributed by atoms with Crippen LogP contribution in [0.3, 0.4) is 0 Å². The number of aliphatic carboxylic acids is 1. The first-order valence-corrected chi connectivity index (χ1v) is 8.14. The Hall–Kier alpha value is -1.22. The largest absolute Gasteiger partial charge is 0.481 e. The molecular formula is C17H24ClNO2. The monoisotopic (exact) mass is 309 g/mol. The molecule has 4 heteroatoms. The number of piperidine rings is 1. The predicted octanol–water partition coefficient (Wildman–Crippen LogP) is 4.54.